The molecule has 5 nitrogen and oxygen atoms in total. The quantitative estimate of drug-likeness (QED) is 0.188. The van der Waals surface area contributed by atoms with E-state index in [2.05, 4.69) is 22.9 Å². The van der Waals surface area contributed by atoms with Gasteiger partial charge in [-0.3, -0.25) is 9.69 Å². The molecular weight excluding hydrogens is 490 g/mol. The molecule has 0 unspecified atom stereocenters. The first-order chi connectivity index (χ1) is 17.6. The lowest BCUT2D eigenvalue weighted by Gasteiger charge is -2.15. The molecule has 1 fully saturated rings. The van der Waals surface area contributed by atoms with Gasteiger partial charge in [-0.1, -0.05) is 60.1 Å². The molecule has 0 spiro atoms. The first kappa shape index (κ1) is 24.4. The predicted molar refractivity (Wildman–Crippen MR) is 150 cm³/mol. The monoisotopic (exact) mass is 515 g/mol. The molecule has 0 saturated carbocycles. The molecule has 36 heavy (non-hydrogen) atoms. The molecule has 0 bridgehead atoms. The maximum Gasteiger partial charge on any atom is 0.266 e. The zero-order chi connectivity index (χ0) is 24.9. The molecule has 1 aliphatic rings. The Kier molecular flexibility index (Phi) is 7.56. The molecule has 0 N–H and O–H groups in total. The fourth-order valence-electron chi connectivity index (χ4n) is 4.15. The summed E-state index contributed by atoms with van der Waals surface area (Å²) in [5.74, 6) is -0.0519. The Morgan fingerprint density at radius 2 is 1.75 bits per heavy atom. The normalized spacial score (nSPS) is 16.1. The van der Waals surface area contributed by atoms with Crippen LogP contribution in [0, 0.1) is 0 Å². The van der Waals surface area contributed by atoms with Crippen LogP contribution in [0.5, 0.6) is 0 Å². The van der Waals surface area contributed by atoms with Crippen LogP contribution in [0.4, 0.5) is 5.69 Å². The molecule has 1 aliphatic heterocycles. The summed E-state index contributed by atoms with van der Waals surface area (Å²) in [6.45, 7) is 4.19. The lowest BCUT2D eigenvalue weighted by molar-refractivity contribution is -0.122. The molecular formula is C29H26ClN3O2S. The Bertz CT molecular complexity index is 1430. The predicted octanol–water partition coefficient (Wildman–Crippen LogP) is 6.98. The van der Waals surface area contributed by atoms with Crippen molar-refractivity contribution in [3.05, 3.63) is 106 Å². The molecule has 3 aromatic carbocycles. The molecule has 5 rings (SSSR count). The number of nitrogens with zero attached hydrogens (tertiary/aromatic N) is 3. The third-order valence-electron chi connectivity index (χ3n) is 5.90. The van der Waals surface area contributed by atoms with Gasteiger partial charge in [-0.15, -0.1) is 0 Å². The summed E-state index contributed by atoms with van der Waals surface area (Å²) in [5.41, 5.74) is 4.09. The molecule has 7 heteroatoms. The summed E-state index contributed by atoms with van der Waals surface area (Å²) in [5, 5.41) is 2.49. The van der Waals surface area contributed by atoms with E-state index in [1.54, 1.807) is 4.90 Å². The molecule has 0 atom stereocenters. The van der Waals surface area contributed by atoms with E-state index in [-0.39, 0.29) is 5.91 Å². The number of ether oxygens (including phenoxy) is 1. The maximum absolute atomic E-state index is 13.5. The number of hydrogen-bond donors (Lipinski definition) is 0. The van der Waals surface area contributed by atoms with Crippen LogP contribution in [0.2, 0.25) is 5.02 Å². The highest BCUT2D eigenvalue weighted by molar-refractivity contribution is 8.18. The number of aliphatic imine (C=N–C) groups is 1. The molecule has 4 aromatic rings. The van der Waals surface area contributed by atoms with Crippen molar-refractivity contribution in [3.8, 4) is 0 Å². The summed E-state index contributed by atoms with van der Waals surface area (Å²) in [6.07, 6.45) is 4.09. The maximum atomic E-state index is 13.5. The van der Waals surface area contributed by atoms with Gasteiger partial charge in [0.05, 0.1) is 23.7 Å². The van der Waals surface area contributed by atoms with E-state index in [9.17, 15) is 4.79 Å². The van der Waals surface area contributed by atoms with E-state index >= 15 is 0 Å². The van der Waals surface area contributed by atoms with Crippen molar-refractivity contribution >= 4 is 57.1 Å². The van der Waals surface area contributed by atoms with Gasteiger partial charge in [-0.05, 0) is 60.7 Å². The first-order valence-corrected chi connectivity index (χ1v) is 13.1. The van der Waals surface area contributed by atoms with Gasteiger partial charge in [-0.25, -0.2) is 4.99 Å². The van der Waals surface area contributed by atoms with Crippen molar-refractivity contribution in [1.29, 1.82) is 0 Å². The average Bonchev–Trinajstić information content (AvgIpc) is 3.38. The Labute approximate surface area is 220 Å². The highest BCUT2D eigenvalue weighted by Crippen LogP contribution is 2.35. The Hall–Kier alpha value is -3.32. The van der Waals surface area contributed by atoms with Gasteiger partial charge in [0.25, 0.3) is 5.91 Å². The SMILES string of the molecule is CCOCCN1C(=O)/C(=C/c2cn(Cc3ccc(Cl)cc3)c3ccccc23)SC1=Nc1ccccc1. The second-order valence-corrected chi connectivity index (χ2v) is 9.80. The molecule has 0 radical (unpaired) electrons. The van der Waals surface area contributed by atoms with Crippen LogP contribution in [0.3, 0.4) is 0 Å². The number of benzene rings is 3. The van der Waals surface area contributed by atoms with Crippen LogP contribution >= 0.6 is 23.4 Å². The Balaban J connectivity index is 1.49. The zero-order valence-corrected chi connectivity index (χ0v) is 21.5. The number of hydrogen-bond acceptors (Lipinski definition) is 4. The number of aromatic nitrogens is 1. The van der Waals surface area contributed by atoms with Gasteiger partial charge < -0.3 is 9.30 Å². The number of para-hydroxylation sites is 2. The number of thioether (sulfide) groups is 1. The second-order valence-electron chi connectivity index (χ2n) is 8.35. The van der Waals surface area contributed by atoms with Crippen LogP contribution < -0.4 is 0 Å². The third-order valence-corrected chi connectivity index (χ3v) is 7.16. The van der Waals surface area contributed by atoms with Crippen LogP contribution in [0.15, 0.2) is 95.0 Å². The second kappa shape index (κ2) is 11.2. The topological polar surface area (TPSA) is 46.8 Å². The number of amidine groups is 1. The number of amides is 1. The van der Waals surface area contributed by atoms with E-state index in [0.29, 0.717) is 36.4 Å². The van der Waals surface area contributed by atoms with E-state index in [0.717, 1.165) is 32.7 Å². The fraction of sp³-hybridized carbons (Fsp3) is 0.172. The molecule has 182 valence electrons. The lowest BCUT2D eigenvalue weighted by atomic mass is 10.1. The standard InChI is InChI=1S/C29H26ClN3O2S/c1-2-35-17-16-33-28(34)27(36-29(33)31-24-8-4-3-5-9-24)18-22-20-32(26-11-7-6-10-25(22)26)19-21-12-14-23(30)15-13-21/h3-15,18,20H,2,16-17,19H2,1H3/b27-18-,31-29?. The summed E-state index contributed by atoms with van der Waals surface area (Å²) >= 11 is 7.47. The number of carbonyl (C=O) groups excluding carboxylic acids is 1. The van der Waals surface area contributed by atoms with E-state index in [4.69, 9.17) is 21.3 Å². The van der Waals surface area contributed by atoms with Crippen molar-refractivity contribution in [2.75, 3.05) is 19.8 Å². The lowest BCUT2D eigenvalue weighted by Crippen LogP contribution is -2.32. The average molecular weight is 516 g/mol. The van der Waals surface area contributed by atoms with E-state index in [1.807, 2.05) is 79.7 Å². The minimum absolute atomic E-state index is 0.0519. The summed E-state index contributed by atoms with van der Waals surface area (Å²) in [4.78, 5) is 20.6. The van der Waals surface area contributed by atoms with Crippen LogP contribution in [0.25, 0.3) is 17.0 Å². The number of carbonyl (C=O) groups is 1. The molecule has 2 heterocycles. The summed E-state index contributed by atoms with van der Waals surface area (Å²) < 4.78 is 7.74. The van der Waals surface area contributed by atoms with Gasteiger partial charge in [0.15, 0.2) is 5.17 Å². The van der Waals surface area contributed by atoms with Crippen molar-refractivity contribution in [2.24, 2.45) is 4.99 Å². The zero-order valence-electron chi connectivity index (χ0n) is 19.9. The van der Waals surface area contributed by atoms with Crippen molar-refractivity contribution in [2.45, 2.75) is 13.5 Å². The van der Waals surface area contributed by atoms with E-state index < -0.39 is 0 Å². The van der Waals surface area contributed by atoms with Gasteiger partial charge in [0.1, 0.15) is 0 Å². The van der Waals surface area contributed by atoms with Gasteiger partial charge in [0.2, 0.25) is 0 Å². The van der Waals surface area contributed by atoms with Crippen LogP contribution in [0.1, 0.15) is 18.1 Å². The van der Waals surface area contributed by atoms with E-state index in [1.165, 1.54) is 11.8 Å². The molecule has 1 amide bonds. The van der Waals surface area contributed by atoms with Crippen molar-refractivity contribution in [1.82, 2.24) is 9.47 Å². The van der Waals surface area contributed by atoms with Crippen LogP contribution in [-0.2, 0) is 16.1 Å². The minimum Gasteiger partial charge on any atom is -0.380 e. The molecule has 1 aromatic heterocycles. The smallest absolute Gasteiger partial charge is 0.266 e. The molecule has 1 saturated heterocycles. The van der Waals surface area contributed by atoms with Gasteiger partial charge in [-0.2, -0.15) is 0 Å². The highest BCUT2D eigenvalue weighted by Gasteiger charge is 2.33. The Morgan fingerprint density at radius 3 is 2.53 bits per heavy atom. The summed E-state index contributed by atoms with van der Waals surface area (Å²) in [7, 11) is 0. The first-order valence-electron chi connectivity index (χ1n) is 11.9. The van der Waals surface area contributed by atoms with Crippen molar-refractivity contribution in [3.63, 3.8) is 0 Å². The third kappa shape index (κ3) is 5.41. The summed E-state index contributed by atoms with van der Waals surface area (Å²) in [6, 6.07) is 25.9. The van der Waals surface area contributed by atoms with Gasteiger partial charge >= 0.3 is 0 Å². The highest BCUT2D eigenvalue weighted by atomic mass is 35.5. The fourth-order valence-corrected chi connectivity index (χ4v) is 5.29. The minimum atomic E-state index is -0.0519. The van der Waals surface area contributed by atoms with Gasteiger partial charge in [0, 0.05) is 40.8 Å². The van der Waals surface area contributed by atoms with Crippen molar-refractivity contribution < 1.29 is 9.53 Å². The van der Waals surface area contributed by atoms with Crippen LogP contribution in [-0.4, -0.2) is 40.3 Å². The number of halogens is 1. The molecule has 0 aliphatic carbocycles. The number of rotatable bonds is 8. The number of fused-ring (bicyclic) bond motifs is 1. The largest absolute Gasteiger partial charge is 0.380 e. The Morgan fingerprint density at radius 1 is 1.00 bits per heavy atom.